The van der Waals surface area contributed by atoms with Crippen molar-refractivity contribution in [3.05, 3.63) is 40.4 Å². The van der Waals surface area contributed by atoms with Crippen molar-refractivity contribution in [2.45, 2.75) is 26.7 Å². The topological polar surface area (TPSA) is 26.3 Å². The molecule has 0 spiro atoms. The second-order valence-electron chi connectivity index (χ2n) is 3.89. The molecule has 0 saturated heterocycles. The summed E-state index contributed by atoms with van der Waals surface area (Å²) in [7, 11) is 0. The van der Waals surface area contributed by atoms with E-state index >= 15 is 0 Å². The number of carbonyl (C=O) groups excluding carboxylic acids is 1. The molecule has 17 heavy (non-hydrogen) atoms. The van der Waals surface area contributed by atoms with Crippen molar-refractivity contribution < 1.29 is 9.53 Å². The summed E-state index contributed by atoms with van der Waals surface area (Å²) in [6.07, 6.45) is 3.96. The quantitative estimate of drug-likeness (QED) is 0.738. The predicted octanol–water partition coefficient (Wildman–Crippen LogP) is 4.09. The number of halogens is 1. The van der Waals surface area contributed by atoms with Gasteiger partial charge in [0, 0.05) is 11.9 Å². The Labute approximate surface area is 107 Å². The zero-order valence-corrected chi connectivity index (χ0v) is 11.0. The van der Waals surface area contributed by atoms with E-state index in [4.69, 9.17) is 16.3 Å². The minimum absolute atomic E-state index is 0.252. The molecule has 0 aliphatic carbocycles. The van der Waals surface area contributed by atoms with Crippen LogP contribution in [0.2, 0.25) is 5.02 Å². The van der Waals surface area contributed by atoms with Crippen LogP contribution in [0.1, 0.15) is 32.3 Å². The monoisotopic (exact) mass is 252 g/mol. The average Bonchev–Trinajstić information content (AvgIpc) is 2.26. The van der Waals surface area contributed by atoms with Gasteiger partial charge in [-0.3, -0.25) is 4.79 Å². The van der Waals surface area contributed by atoms with Crippen LogP contribution in [0.3, 0.4) is 0 Å². The van der Waals surface area contributed by atoms with Crippen LogP contribution in [0.4, 0.5) is 0 Å². The third-order valence-corrected chi connectivity index (χ3v) is 2.49. The summed E-state index contributed by atoms with van der Waals surface area (Å²) >= 11 is 5.92. The normalized spacial score (nSPS) is 11.4. The summed E-state index contributed by atoms with van der Waals surface area (Å²) in [5.41, 5.74) is 2.14. The highest BCUT2D eigenvalue weighted by atomic mass is 35.5. The van der Waals surface area contributed by atoms with Gasteiger partial charge >= 0.3 is 5.97 Å². The van der Waals surface area contributed by atoms with Crippen LogP contribution in [0.25, 0.3) is 6.08 Å². The van der Waals surface area contributed by atoms with Crippen LogP contribution < -0.4 is 0 Å². The molecule has 0 aliphatic rings. The molecule has 1 aromatic carbocycles. The lowest BCUT2D eigenvalue weighted by molar-refractivity contribution is -0.140. The van der Waals surface area contributed by atoms with E-state index in [1.54, 1.807) is 0 Å². The average molecular weight is 253 g/mol. The van der Waals surface area contributed by atoms with E-state index in [0.29, 0.717) is 11.6 Å². The van der Waals surface area contributed by atoms with Gasteiger partial charge in [0.2, 0.25) is 0 Å². The number of esters is 1. The van der Waals surface area contributed by atoms with Crippen molar-refractivity contribution in [2.75, 3.05) is 6.61 Å². The first-order valence-electron chi connectivity index (χ1n) is 5.70. The van der Waals surface area contributed by atoms with E-state index in [0.717, 1.165) is 24.0 Å². The van der Waals surface area contributed by atoms with Gasteiger partial charge < -0.3 is 4.74 Å². The van der Waals surface area contributed by atoms with Gasteiger partial charge in [0.25, 0.3) is 0 Å². The van der Waals surface area contributed by atoms with E-state index in [2.05, 4.69) is 6.92 Å². The summed E-state index contributed by atoms with van der Waals surface area (Å²) in [5, 5.41) is 0.710. The van der Waals surface area contributed by atoms with Crippen molar-refractivity contribution in [3.8, 4) is 0 Å². The van der Waals surface area contributed by atoms with Gasteiger partial charge in [-0.15, -0.1) is 0 Å². The fourth-order valence-electron chi connectivity index (χ4n) is 1.53. The molecule has 2 nitrogen and oxygen atoms in total. The van der Waals surface area contributed by atoms with Crippen molar-refractivity contribution in [2.24, 2.45) is 0 Å². The van der Waals surface area contributed by atoms with Crippen LogP contribution in [-0.4, -0.2) is 12.6 Å². The van der Waals surface area contributed by atoms with Crippen molar-refractivity contribution in [3.63, 3.8) is 0 Å². The molecule has 0 fully saturated rings. The van der Waals surface area contributed by atoms with E-state index < -0.39 is 0 Å². The Bertz CT molecular complexity index is 410. The molecular weight excluding hydrogens is 236 g/mol. The van der Waals surface area contributed by atoms with E-state index in [9.17, 15) is 4.79 Å². The lowest BCUT2D eigenvalue weighted by Crippen LogP contribution is -2.03. The number of hydrogen-bond donors (Lipinski definition) is 0. The largest absolute Gasteiger partial charge is 0.461 e. The Morgan fingerprint density at radius 1 is 1.47 bits per heavy atom. The number of rotatable bonds is 5. The lowest BCUT2D eigenvalue weighted by atomic mass is 10.1. The maximum Gasteiger partial charge on any atom is 0.302 e. The molecule has 0 amide bonds. The molecule has 1 aromatic rings. The summed E-state index contributed by atoms with van der Waals surface area (Å²) in [5.74, 6) is -0.252. The second-order valence-corrected chi connectivity index (χ2v) is 4.32. The summed E-state index contributed by atoms with van der Waals surface area (Å²) in [4.78, 5) is 10.8. The molecule has 0 atom stereocenters. The fraction of sp³-hybridized carbons (Fsp3) is 0.357. The highest BCUT2D eigenvalue weighted by Gasteiger charge is 2.00. The molecule has 1 rings (SSSR count). The minimum atomic E-state index is -0.252. The van der Waals surface area contributed by atoms with Crippen molar-refractivity contribution in [1.29, 1.82) is 0 Å². The molecule has 0 saturated carbocycles. The fourth-order valence-corrected chi connectivity index (χ4v) is 1.73. The van der Waals surface area contributed by atoms with Crippen molar-refractivity contribution in [1.82, 2.24) is 0 Å². The van der Waals surface area contributed by atoms with Crippen LogP contribution in [0.15, 0.2) is 29.8 Å². The Morgan fingerprint density at radius 2 is 2.24 bits per heavy atom. The Hall–Kier alpha value is -1.28. The van der Waals surface area contributed by atoms with Crippen LogP contribution >= 0.6 is 11.6 Å². The molecule has 0 bridgehead atoms. The van der Waals surface area contributed by atoms with Gasteiger partial charge in [0.15, 0.2) is 0 Å². The summed E-state index contributed by atoms with van der Waals surface area (Å²) in [6.45, 7) is 3.87. The number of hydrogen-bond acceptors (Lipinski definition) is 2. The highest BCUT2D eigenvalue weighted by molar-refractivity contribution is 6.30. The first-order chi connectivity index (χ1) is 8.11. The standard InChI is InChI=1S/C14H17ClO2/c1-3-5-13(10-17-11(2)16)8-12-6-4-7-14(15)9-12/h4,6-9H,3,5,10H2,1-2H3/b13-8+. The molecular formula is C14H17ClO2. The SMILES string of the molecule is CCC/C(=C\c1cccc(Cl)c1)COC(C)=O. The summed E-state index contributed by atoms with van der Waals surface area (Å²) < 4.78 is 5.02. The van der Waals surface area contributed by atoms with Gasteiger partial charge in [-0.2, -0.15) is 0 Å². The zero-order valence-electron chi connectivity index (χ0n) is 10.2. The molecule has 0 heterocycles. The number of benzene rings is 1. The third kappa shape index (κ3) is 5.55. The maximum absolute atomic E-state index is 10.8. The highest BCUT2D eigenvalue weighted by Crippen LogP contribution is 2.16. The molecule has 0 aliphatic heterocycles. The maximum atomic E-state index is 10.8. The van der Waals surface area contributed by atoms with Crippen LogP contribution in [-0.2, 0) is 9.53 Å². The van der Waals surface area contributed by atoms with E-state index in [1.807, 2.05) is 30.3 Å². The van der Waals surface area contributed by atoms with Gasteiger partial charge in [0.05, 0.1) is 0 Å². The molecule has 92 valence electrons. The van der Waals surface area contributed by atoms with Crippen molar-refractivity contribution >= 4 is 23.6 Å². The number of carbonyl (C=O) groups is 1. The first kappa shape index (κ1) is 13.8. The molecule has 0 N–H and O–H groups in total. The van der Waals surface area contributed by atoms with Gasteiger partial charge in [0.1, 0.15) is 6.61 Å². The zero-order chi connectivity index (χ0) is 12.7. The lowest BCUT2D eigenvalue weighted by Gasteiger charge is -2.07. The van der Waals surface area contributed by atoms with Crippen LogP contribution in [0, 0.1) is 0 Å². The van der Waals surface area contributed by atoms with Gasteiger partial charge in [-0.1, -0.05) is 43.2 Å². The Morgan fingerprint density at radius 3 is 2.82 bits per heavy atom. The number of ether oxygens (including phenoxy) is 1. The first-order valence-corrected chi connectivity index (χ1v) is 6.08. The van der Waals surface area contributed by atoms with Gasteiger partial charge in [-0.05, 0) is 29.7 Å². The summed E-state index contributed by atoms with van der Waals surface area (Å²) in [6, 6.07) is 7.62. The molecule has 0 radical (unpaired) electrons. The minimum Gasteiger partial charge on any atom is -0.461 e. The smallest absolute Gasteiger partial charge is 0.302 e. The molecule has 0 unspecified atom stereocenters. The van der Waals surface area contributed by atoms with E-state index in [1.165, 1.54) is 6.92 Å². The third-order valence-electron chi connectivity index (χ3n) is 2.25. The van der Waals surface area contributed by atoms with Gasteiger partial charge in [-0.25, -0.2) is 0 Å². The Kier molecular flexibility index (Phi) is 5.78. The predicted molar refractivity (Wildman–Crippen MR) is 71.0 cm³/mol. The second kappa shape index (κ2) is 7.13. The Balaban J connectivity index is 2.78. The molecule has 3 heteroatoms. The molecule has 0 aromatic heterocycles. The van der Waals surface area contributed by atoms with Crippen LogP contribution in [0.5, 0.6) is 0 Å². The van der Waals surface area contributed by atoms with E-state index in [-0.39, 0.29) is 5.97 Å².